The van der Waals surface area contributed by atoms with Crippen LogP contribution in [0, 0.1) is 12.7 Å². The Balaban J connectivity index is 1.45. The van der Waals surface area contributed by atoms with Crippen LogP contribution in [0.25, 0.3) is 22.3 Å². The molecule has 1 aliphatic heterocycles. The van der Waals surface area contributed by atoms with Gasteiger partial charge in [0, 0.05) is 44.0 Å². The van der Waals surface area contributed by atoms with Crippen molar-refractivity contribution in [1.29, 1.82) is 0 Å². The van der Waals surface area contributed by atoms with E-state index in [0.717, 1.165) is 6.07 Å². The van der Waals surface area contributed by atoms with Gasteiger partial charge in [-0.25, -0.2) is 32.7 Å². The number of carbonyl (C=O) groups is 2. The minimum absolute atomic E-state index is 0.00306. The van der Waals surface area contributed by atoms with E-state index in [-0.39, 0.29) is 28.8 Å². The zero-order valence-corrected chi connectivity index (χ0v) is 24.4. The molecule has 0 aliphatic carbocycles. The Morgan fingerprint density at radius 3 is 2.51 bits per heavy atom. The number of amides is 1. The van der Waals surface area contributed by atoms with Gasteiger partial charge in [-0.05, 0) is 49.8 Å². The number of nitrogens with one attached hydrogen (secondary N) is 1. The van der Waals surface area contributed by atoms with Crippen LogP contribution < -0.4 is 14.4 Å². The van der Waals surface area contributed by atoms with Gasteiger partial charge in [0.25, 0.3) is 10.0 Å². The number of sulfonamides is 1. The average molecular weight is 606 g/mol. The number of pyridine rings is 2. The zero-order valence-electron chi connectivity index (χ0n) is 23.6. The van der Waals surface area contributed by atoms with E-state index in [1.807, 2.05) is 4.90 Å². The lowest BCUT2D eigenvalue weighted by Gasteiger charge is -2.35. The summed E-state index contributed by atoms with van der Waals surface area (Å²) in [5, 5.41) is 0. The summed E-state index contributed by atoms with van der Waals surface area (Å²) < 4.78 is 48.5. The SMILES string of the molecule is COc1ncc(-c2ccc3ncnc(N4CCN(C(=O)/C=C/C(C)=O)CC4)c3n2)cc1NS(=O)(=O)c1c(C)cccc1F. The number of aromatic nitrogens is 4. The number of aryl methyl sites for hydroxylation is 1. The van der Waals surface area contributed by atoms with Gasteiger partial charge in [-0.15, -0.1) is 0 Å². The smallest absolute Gasteiger partial charge is 0.265 e. The number of ether oxygens (including phenoxy) is 1. The third-order valence-corrected chi connectivity index (χ3v) is 8.37. The monoisotopic (exact) mass is 605 g/mol. The van der Waals surface area contributed by atoms with Gasteiger partial charge in [0.15, 0.2) is 11.6 Å². The molecule has 1 fully saturated rings. The molecule has 0 radical (unpaired) electrons. The highest BCUT2D eigenvalue weighted by atomic mass is 32.2. The van der Waals surface area contributed by atoms with Crippen LogP contribution in [0.2, 0.25) is 0 Å². The number of piperazine rings is 1. The lowest BCUT2D eigenvalue weighted by atomic mass is 10.1. The van der Waals surface area contributed by atoms with Crippen molar-refractivity contribution in [2.45, 2.75) is 18.7 Å². The number of rotatable bonds is 8. The first-order chi connectivity index (χ1) is 20.6. The topological polar surface area (TPSA) is 148 Å². The summed E-state index contributed by atoms with van der Waals surface area (Å²) in [5.74, 6) is -0.728. The summed E-state index contributed by atoms with van der Waals surface area (Å²) in [6.07, 6.45) is 5.46. The quantitative estimate of drug-likeness (QED) is 0.297. The van der Waals surface area contributed by atoms with Gasteiger partial charge in [-0.1, -0.05) is 12.1 Å². The van der Waals surface area contributed by atoms with Crippen molar-refractivity contribution in [1.82, 2.24) is 24.8 Å². The Hall–Kier alpha value is -4.98. The Morgan fingerprint density at radius 2 is 1.81 bits per heavy atom. The highest BCUT2D eigenvalue weighted by Crippen LogP contribution is 2.32. The molecular weight excluding hydrogens is 577 g/mol. The van der Waals surface area contributed by atoms with Crippen LogP contribution in [-0.2, 0) is 19.6 Å². The van der Waals surface area contributed by atoms with Gasteiger partial charge in [-0.2, -0.15) is 0 Å². The van der Waals surface area contributed by atoms with Crippen LogP contribution in [0.3, 0.4) is 0 Å². The Kier molecular flexibility index (Phi) is 8.30. The van der Waals surface area contributed by atoms with Gasteiger partial charge in [-0.3, -0.25) is 14.3 Å². The molecule has 4 aromatic rings. The second-order valence-corrected chi connectivity index (χ2v) is 11.4. The summed E-state index contributed by atoms with van der Waals surface area (Å²) >= 11 is 0. The van der Waals surface area contributed by atoms with Gasteiger partial charge < -0.3 is 14.5 Å². The number of allylic oxidation sites excluding steroid dienone is 1. The highest BCUT2D eigenvalue weighted by molar-refractivity contribution is 7.92. The van der Waals surface area contributed by atoms with Crippen LogP contribution in [0.15, 0.2) is 66.0 Å². The predicted octanol–water partition coefficient (Wildman–Crippen LogP) is 3.14. The molecule has 0 spiro atoms. The molecule has 0 atom stereocenters. The first-order valence-electron chi connectivity index (χ1n) is 13.2. The van der Waals surface area contributed by atoms with E-state index in [1.54, 1.807) is 17.0 Å². The number of benzene rings is 1. The number of hydrogen-bond acceptors (Lipinski definition) is 10. The minimum Gasteiger partial charge on any atom is -0.480 e. The summed E-state index contributed by atoms with van der Waals surface area (Å²) in [7, 11) is -2.98. The second-order valence-electron chi connectivity index (χ2n) is 9.79. The van der Waals surface area contributed by atoms with Crippen LogP contribution in [0.1, 0.15) is 12.5 Å². The number of halogens is 1. The van der Waals surface area contributed by atoms with Crippen LogP contribution >= 0.6 is 0 Å². The first-order valence-corrected chi connectivity index (χ1v) is 14.7. The number of methoxy groups -OCH3 is 1. The molecule has 1 amide bonds. The summed E-state index contributed by atoms with van der Waals surface area (Å²) in [6, 6.07) is 9.02. The lowest BCUT2D eigenvalue weighted by molar-refractivity contribution is -0.126. The molecule has 3 aromatic heterocycles. The Morgan fingerprint density at radius 1 is 1.05 bits per heavy atom. The molecule has 43 heavy (non-hydrogen) atoms. The average Bonchev–Trinajstić information content (AvgIpc) is 2.99. The molecule has 0 saturated carbocycles. The van der Waals surface area contributed by atoms with Crippen LogP contribution in [0.4, 0.5) is 15.9 Å². The normalized spacial score (nSPS) is 13.9. The fourth-order valence-electron chi connectivity index (χ4n) is 4.73. The molecule has 4 heterocycles. The number of fused-ring (bicyclic) bond motifs is 1. The number of ketones is 1. The molecule has 222 valence electrons. The molecule has 0 bridgehead atoms. The number of nitrogens with zero attached hydrogens (tertiary/aromatic N) is 6. The molecule has 14 heteroatoms. The first kappa shape index (κ1) is 29.5. The summed E-state index contributed by atoms with van der Waals surface area (Å²) in [6.45, 7) is 4.73. The lowest BCUT2D eigenvalue weighted by Crippen LogP contribution is -2.48. The number of anilines is 2. The standard InChI is InChI=1S/C29H28FN7O5S/c1-18-5-4-6-21(30)27(18)43(40,41)35-24-15-20(16-31-29(24)42-3)22-8-9-23-26(34-22)28(33-17-32-23)37-13-11-36(12-14-37)25(39)10-7-19(2)38/h4-10,15-17,35H,11-14H2,1-3H3/b10-7+. The van der Waals surface area contributed by atoms with E-state index >= 15 is 0 Å². The van der Waals surface area contributed by atoms with E-state index in [9.17, 15) is 22.4 Å². The summed E-state index contributed by atoms with van der Waals surface area (Å²) in [4.78, 5) is 44.6. The van der Waals surface area contributed by atoms with Crippen molar-refractivity contribution in [3.8, 4) is 17.1 Å². The largest absolute Gasteiger partial charge is 0.480 e. The third-order valence-electron chi connectivity index (χ3n) is 6.83. The van der Waals surface area contributed by atoms with Crippen molar-refractivity contribution in [3.05, 3.63) is 72.5 Å². The fourth-order valence-corrected chi connectivity index (χ4v) is 6.09. The maximum absolute atomic E-state index is 14.5. The molecule has 1 saturated heterocycles. The minimum atomic E-state index is -4.32. The number of carbonyl (C=O) groups excluding carboxylic acids is 2. The van der Waals surface area contributed by atoms with E-state index in [1.165, 1.54) is 63.8 Å². The predicted molar refractivity (Wildman–Crippen MR) is 158 cm³/mol. The molecule has 5 rings (SSSR count). The molecule has 1 N–H and O–H groups in total. The van der Waals surface area contributed by atoms with Gasteiger partial charge in [0.1, 0.15) is 28.2 Å². The van der Waals surface area contributed by atoms with Crippen LogP contribution in [-0.4, -0.2) is 78.2 Å². The fraction of sp³-hybridized carbons (Fsp3) is 0.241. The van der Waals surface area contributed by atoms with Gasteiger partial charge in [0.05, 0.1) is 18.3 Å². The van der Waals surface area contributed by atoms with Crippen molar-refractivity contribution in [2.24, 2.45) is 0 Å². The third kappa shape index (κ3) is 6.28. The maximum Gasteiger partial charge on any atom is 0.265 e. The maximum atomic E-state index is 14.5. The summed E-state index contributed by atoms with van der Waals surface area (Å²) in [5.41, 5.74) is 2.29. The van der Waals surface area contributed by atoms with Crippen molar-refractivity contribution in [3.63, 3.8) is 0 Å². The van der Waals surface area contributed by atoms with E-state index in [2.05, 4.69) is 19.7 Å². The van der Waals surface area contributed by atoms with Crippen molar-refractivity contribution >= 4 is 44.3 Å². The van der Waals surface area contributed by atoms with Crippen molar-refractivity contribution < 1.29 is 27.1 Å². The van der Waals surface area contributed by atoms with Crippen LogP contribution in [0.5, 0.6) is 5.88 Å². The highest BCUT2D eigenvalue weighted by Gasteiger charge is 2.25. The molecule has 0 unspecified atom stereocenters. The zero-order chi connectivity index (χ0) is 30.7. The van der Waals surface area contributed by atoms with Gasteiger partial charge >= 0.3 is 0 Å². The van der Waals surface area contributed by atoms with E-state index in [4.69, 9.17) is 9.72 Å². The van der Waals surface area contributed by atoms with Gasteiger partial charge in [0.2, 0.25) is 11.8 Å². The molecule has 1 aliphatic rings. The van der Waals surface area contributed by atoms with E-state index < -0.39 is 20.7 Å². The molecular formula is C29H28FN7O5S. The Labute approximate surface area is 247 Å². The van der Waals surface area contributed by atoms with E-state index in [0.29, 0.717) is 54.3 Å². The Bertz CT molecular complexity index is 1840. The molecule has 1 aromatic carbocycles. The van der Waals surface area contributed by atoms with Crippen molar-refractivity contribution in [2.75, 3.05) is 42.9 Å². The number of hydrogen-bond donors (Lipinski definition) is 1. The second kappa shape index (κ2) is 12.1. The molecule has 12 nitrogen and oxygen atoms in total.